The van der Waals surface area contributed by atoms with Gasteiger partial charge in [0.2, 0.25) is 46.3 Å². The fraction of sp³-hybridized carbons (Fsp3) is 0.322. The van der Waals surface area contributed by atoms with Gasteiger partial charge in [0.15, 0.2) is 57.0 Å². The van der Waals surface area contributed by atoms with Crippen LogP contribution in [0.5, 0.6) is 103 Å². The highest BCUT2D eigenvalue weighted by molar-refractivity contribution is 6.03. The monoisotopic (exact) mass is 2050 g/mol. The minimum atomic E-state index is -1.75. The van der Waals surface area contributed by atoms with Crippen molar-refractivity contribution in [1.29, 1.82) is 0 Å². The number of halogens is 8. The molecule has 12 N–H and O–H groups in total. The molecule has 0 saturated heterocycles. The van der Waals surface area contributed by atoms with E-state index in [1.807, 2.05) is 90.1 Å². The lowest BCUT2D eigenvalue weighted by atomic mass is 9.87. The van der Waals surface area contributed by atoms with E-state index in [-0.39, 0.29) is 178 Å². The molecular formula is C115H130F8O24. The van der Waals surface area contributed by atoms with Crippen LogP contribution in [0.2, 0.25) is 0 Å². The molecule has 0 aliphatic carbocycles. The topological polar surface area (TPSA) is 401 Å². The standard InChI is InChI=1S/C21H26O4.C20H24O4.C18H16F4O4.C18H18F2O4.2C18H19FO4.2CH4/c1-5-6-14-11-17(19(23)12-18(14)22)20(24)13-25-16-9-7-15(8-10-16)21(2,3)4;1-4-5-15-10-17(19(22)11-18(15)21)20(23)12-24-16-8-6-14(7-9-16)13(2)3;1-3-4-9-5-10(12(24)6-11(9)23)13(25)7-26-18-16(21)14(19)8(2)15(20)17(18)22;1-3-4-11-5-13(17(22)8-16(11)21)18(23)9-24-12-6-14(19)10(2)15(20)7-12;1-3-4-12-7-15(17(21)9-16(12)20)18(22)10-23-14-6-11(2)5-13(19)8-14;1-3-4-12-7-14(17(21)9-16(12)20)18(22)10-23-13-6-5-11(2)15(19)8-13;;/h7-12,22-23H,5-6,13H2,1-4H3;6-11,13,21-22H,4-5,12H2,1-3H3;5-6,23-24H,3-4,7H2,1-2H3;5-8,21-22H,3-4,9H2,1-2H3;2*5-9,20-21H,3-4,10H2,1-2H3;2*1H4. The zero-order chi connectivity index (χ0) is 108. The summed E-state index contributed by atoms with van der Waals surface area (Å²) in [4.78, 5) is 73.5. The van der Waals surface area contributed by atoms with Crippen molar-refractivity contribution in [3.05, 3.63) is 317 Å². The van der Waals surface area contributed by atoms with Gasteiger partial charge in [-0.1, -0.05) is 160 Å². The molecule has 0 aliphatic rings. The Balaban J connectivity index is 0.000000310. The number of rotatable bonds is 37. The highest BCUT2D eigenvalue weighted by Gasteiger charge is 2.29. The SMILES string of the molecule is C.C.CCCc1cc(C(=O)COc2c(F)c(F)c(C)c(F)c2F)c(O)cc1O.CCCc1cc(C(=O)COc2cc(C)cc(F)c2)c(O)cc1O.CCCc1cc(C(=O)COc2cc(F)c(C)c(F)c2)c(O)cc1O.CCCc1cc(C(=O)COc2ccc(C(C)(C)C)cc2)c(O)cc1O.CCCc1cc(C(=O)COc2ccc(C(C)C)cc2)c(O)cc1O.CCCc1cc(C(=O)COc2ccc(C)c(F)c2)c(O)cc1O. The lowest BCUT2D eigenvalue weighted by Crippen LogP contribution is -2.15. The van der Waals surface area contributed by atoms with Crippen LogP contribution >= 0.6 is 0 Å². The summed E-state index contributed by atoms with van der Waals surface area (Å²) in [6.45, 7) is 25.3. The first-order valence-electron chi connectivity index (χ1n) is 46.8. The van der Waals surface area contributed by atoms with E-state index in [1.54, 1.807) is 44.2 Å². The Labute approximate surface area is 850 Å². The van der Waals surface area contributed by atoms with Crippen molar-refractivity contribution in [2.45, 2.75) is 207 Å². The molecule has 0 aromatic heterocycles. The minimum absolute atomic E-state index is 0. The smallest absolute Gasteiger partial charge is 0.204 e. The maximum atomic E-state index is 13.8. The second-order valence-corrected chi connectivity index (χ2v) is 35.4. The quantitative estimate of drug-likeness (QED) is 0.00977. The van der Waals surface area contributed by atoms with Crippen molar-refractivity contribution in [2.75, 3.05) is 39.6 Å². The first-order valence-corrected chi connectivity index (χ1v) is 46.8. The van der Waals surface area contributed by atoms with Crippen LogP contribution in [0.3, 0.4) is 0 Å². The maximum absolute atomic E-state index is 13.8. The largest absolute Gasteiger partial charge is 0.508 e. The molecule has 790 valence electrons. The molecule has 147 heavy (non-hydrogen) atoms. The lowest BCUT2D eigenvalue weighted by molar-refractivity contribution is 0.0904. The molecule has 0 fully saturated rings. The molecule has 0 heterocycles. The third-order valence-corrected chi connectivity index (χ3v) is 22.4. The van der Waals surface area contributed by atoms with Crippen molar-refractivity contribution >= 4 is 34.7 Å². The third-order valence-electron chi connectivity index (χ3n) is 22.4. The number of phenolic OH excluding ortho intramolecular Hbond substituents is 12. The van der Waals surface area contributed by atoms with Crippen molar-refractivity contribution in [3.8, 4) is 103 Å². The Hall–Kier alpha value is -15.5. The molecule has 24 nitrogen and oxygen atoms in total. The molecule has 0 spiro atoms. The number of carbonyl (C=O) groups is 6. The van der Waals surface area contributed by atoms with Crippen LogP contribution in [0.4, 0.5) is 35.1 Å². The third kappa shape index (κ3) is 35.2. The molecule has 0 bridgehead atoms. The minimum Gasteiger partial charge on any atom is -0.508 e. The number of benzene rings is 12. The Morgan fingerprint density at radius 1 is 0.279 bits per heavy atom. The average Bonchev–Trinajstić information content (AvgIpc) is 0.791. The average molecular weight is 2050 g/mol. The van der Waals surface area contributed by atoms with E-state index in [0.717, 1.165) is 75.4 Å². The van der Waals surface area contributed by atoms with E-state index >= 15 is 0 Å². The first kappa shape index (κ1) is 122. The molecule has 0 saturated carbocycles. The molecule has 0 aliphatic heterocycles. The summed E-state index contributed by atoms with van der Waals surface area (Å²) in [5.74, 6) is -13.8. The van der Waals surface area contributed by atoms with Crippen LogP contribution in [0.1, 0.15) is 264 Å². The van der Waals surface area contributed by atoms with Gasteiger partial charge in [-0.05, 0) is 212 Å². The predicted octanol–water partition coefficient (Wildman–Crippen LogP) is 25.9. The van der Waals surface area contributed by atoms with Gasteiger partial charge in [-0.15, -0.1) is 0 Å². The van der Waals surface area contributed by atoms with E-state index < -0.39 is 99.9 Å². The summed E-state index contributed by atoms with van der Waals surface area (Å²) >= 11 is 0. The van der Waals surface area contributed by atoms with Gasteiger partial charge < -0.3 is 89.7 Å². The molecule has 0 unspecified atom stereocenters. The maximum Gasteiger partial charge on any atom is 0.204 e. The summed E-state index contributed by atoms with van der Waals surface area (Å²) in [6, 6.07) is 41.2. The Morgan fingerprint density at radius 3 is 0.796 bits per heavy atom. The molecule has 0 amide bonds. The van der Waals surface area contributed by atoms with Gasteiger partial charge >= 0.3 is 0 Å². The van der Waals surface area contributed by atoms with Crippen LogP contribution in [0, 0.1) is 74.2 Å². The summed E-state index contributed by atoms with van der Waals surface area (Å²) in [5, 5.41) is 118. The first-order chi connectivity index (χ1) is 68.5. The van der Waals surface area contributed by atoms with Gasteiger partial charge in [-0.2, -0.15) is 8.78 Å². The van der Waals surface area contributed by atoms with Crippen LogP contribution in [0.15, 0.2) is 170 Å². The number of phenols is 12. The van der Waals surface area contributed by atoms with Gasteiger partial charge in [0.25, 0.3) is 0 Å². The van der Waals surface area contributed by atoms with Gasteiger partial charge in [-0.3, -0.25) is 28.8 Å². The van der Waals surface area contributed by atoms with Gasteiger partial charge in [0.1, 0.15) is 121 Å². The van der Waals surface area contributed by atoms with E-state index in [0.29, 0.717) is 107 Å². The number of aromatic hydroxyl groups is 12. The van der Waals surface area contributed by atoms with Crippen LogP contribution in [0.25, 0.3) is 0 Å². The summed E-state index contributed by atoms with van der Waals surface area (Å²) in [6.07, 6.45) is 8.11. The van der Waals surface area contributed by atoms with Crippen LogP contribution in [-0.4, -0.2) is 136 Å². The number of ketones is 6. The summed E-state index contributed by atoms with van der Waals surface area (Å²) in [5.41, 5.74) is 6.31. The molecular weight excluding hydrogens is 1920 g/mol. The fourth-order valence-corrected chi connectivity index (χ4v) is 14.2. The number of hydrogen-bond donors (Lipinski definition) is 12. The van der Waals surface area contributed by atoms with E-state index in [9.17, 15) is 125 Å². The molecule has 0 atom stereocenters. The van der Waals surface area contributed by atoms with Crippen molar-refractivity contribution in [3.63, 3.8) is 0 Å². The van der Waals surface area contributed by atoms with Crippen molar-refractivity contribution in [2.24, 2.45) is 0 Å². The molecule has 32 heteroatoms. The number of aryl methyl sites for hydroxylation is 8. The van der Waals surface area contributed by atoms with Gasteiger partial charge in [0.05, 0.1) is 33.4 Å². The number of carbonyl (C=O) groups excluding carboxylic acids is 6. The zero-order valence-electron chi connectivity index (χ0n) is 83.3. The van der Waals surface area contributed by atoms with Gasteiger partial charge in [-0.25, -0.2) is 26.3 Å². The van der Waals surface area contributed by atoms with Crippen LogP contribution in [-0.2, 0) is 43.9 Å². The normalized spacial score (nSPS) is 10.7. The van der Waals surface area contributed by atoms with Gasteiger partial charge in [0, 0.05) is 71.8 Å². The molecule has 0 radical (unpaired) electrons. The van der Waals surface area contributed by atoms with E-state index in [1.165, 1.54) is 72.6 Å². The summed E-state index contributed by atoms with van der Waals surface area (Å²) in [7, 11) is 0. The molecule has 12 rings (SSSR count). The van der Waals surface area contributed by atoms with E-state index in [2.05, 4.69) is 39.4 Å². The highest BCUT2D eigenvalue weighted by Crippen LogP contribution is 2.39. The Morgan fingerprint density at radius 2 is 0.531 bits per heavy atom. The van der Waals surface area contributed by atoms with Crippen LogP contribution < -0.4 is 28.4 Å². The number of hydrogen-bond acceptors (Lipinski definition) is 24. The lowest BCUT2D eigenvalue weighted by Gasteiger charge is -2.19. The second-order valence-electron chi connectivity index (χ2n) is 35.4. The predicted molar refractivity (Wildman–Crippen MR) is 545 cm³/mol. The number of ether oxygens (including phenoxy) is 6. The fourth-order valence-electron chi connectivity index (χ4n) is 14.2. The Bertz CT molecular complexity index is 6480. The zero-order valence-corrected chi connectivity index (χ0v) is 83.3. The second kappa shape index (κ2) is 57.3. The van der Waals surface area contributed by atoms with E-state index in [4.69, 9.17) is 23.7 Å². The Kier molecular flexibility index (Phi) is 47.5. The number of Topliss-reactive ketones (excluding diaryl/α,β-unsaturated/α-hetero) is 6. The highest BCUT2D eigenvalue weighted by atomic mass is 19.2. The summed E-state index contributed by atoms with van der Waals surface area (Å²) < 4.78 is 140. The molecule has 12 aromatic rings. The molecule has 12 aromatic carbocycles. The van der Waals surface area contributed by atoms with Crippen molar-refractivity contribution in [1.82, 2.24) is 0 Å². The van der Waals surface area contributed by atoms with Crippen molar-refractivity contribution < 1.29 is 154 Å².